The number of nitrogens with one attached hydrogen (secondary N) is 2. The van der Waals surface area contributed by atoms with Gasteiger partial charge >= 0.3 is 0 Å². The Morgan fingerprint density at radius 2 is 2.31 bits per heavy atom. The first-order valence-electron chi connectivity index (χ1n) is 8.96. The Kier molecular flexibility index (Phi) is 4.28. The van der Waals surface area contributed by atoms with Crippen molar-refractivity contribution in [1.29, 1.82) is 0 Å². The lowest BCUT2D eigenvalue weighted by Crippen LogP contribution is -2.31. The van der Waals surface area contributed by atoms with E-state index in [0.717, 1.165) is 47.6 Å². The molecule has 1 unspecified atom stereocenters. The molecule has 0 saturated carbocycles. The summed E-state index contributed by atoms with van der Waals surface area (Å²) in [6.07, 6.45) is 6.11. The third kappa shape index (κ3) is 3.12. The van der Waals surface area contributed by atoms with Crippen LogP contribution in [0.15, 0.2) is 30.7 Å². The Labute approximate surface area is 151 Å². The van der Waals surface area contributed by atoms with Crippen LogP contribution in [0.1, 0.15) is 30.4 Å². The number of aryl methyl sites for hydroxylation is 3. The van der Waals surface area contributed by atoms with Crippen molar-refractivity contribution in [3.63, 3.8) is 0 Å². The van der Waals surface area contributed by atoms with Gasteiger partial charge in [-0.2, -0.15) is 5.10 Å². The smallest absolute Gasteiger partial charge is 0.229 e. The van der Waals surface area contributed by atoms with Gasteiger partial charge in [-0.25, -0.2) is 9.97 Å². The molecule has 7 heteroatoms. The maximum atomic E-state index is 12.9. The molecule has 1 aromatic carbocycles. The minimum Gasteiger partial charge on any atom is -0.334 e. The van der Waals surface area contributed by atoms with Crippen LogP contribution in [0.25, 0.3) is 11.4 Å². The van der Waals surface area contributed by atoms with Gasteiger partial charge in [-0.3, -0.25) is 9.89 Å². The molecule has 1 amide bonds. The van der Waals surface area contributed by atoms with E-state index in [9.17, 15) is 4.79 Å². The Morgan fingerprint density at radius 1 is 1.42 bits per heavy atom. The molecule has 2 N–H and O–H groups in total. The minimum absolute atomic E-state index is 0.0343. The summed E-state index contributed by atoms with van der Waals surface area (Å²) in [6, 6.07) is 5.90. The highest BCUT2D eigenvalue weighted by Gasteiger charge is 2.26. The Morgan fingerprint density at radius 3 is 3.08 bits per heavy atom. The first-order chi connectivity index (χ1) is 12.6. The molecular formula is C19H22N6O. The van der Waals surface area contributed by atoms with Gasteiger partial charge in [-0.1, -0.05) is 18.6 Å². The van der Waals surface area contributed by atoms with Crippen LogP contribution in [0.2, 0.25) is 0 Å². The summed E-state index contributed by atoms with van der Waals surface area (Å²) >= 11 is 0. The molecule has 1 atom stereocenters. The molecule has 1 aliphatic heterocycles. The van der Waals surface area contributed by atoms with Crippen LogP contribution in [0.3, 0.4) is 0 Å². The highest BCUT2D eigenvalue weighted by Crippen LogP contribution is 2.28. The Bertz CT molecular complexity index is 928. The average Bonchev–Trinajstić information content (AvgIpc) is 3.31. The van der Waals surface area contributed by atoms with E-state index >= 15 is 0 Å². The summed E-state index contributed by atoms with van der Waals surface area (Å²) in [6.45, 7) is 4.79. The molecule has 1 aliphatic rings. The molecule has 0 bridgehead atoms. The summed E-state index contributed by atoms with van der Waals surface area (Å²) in [5.74, 6) is 1.71. The number of imidazole rings is 1. The van der Waals surface area contributed by atoms with Crippen LogP contribution < -0.4 is 5.32 Å². The quantitative estimate of drug-likeness (QED) is 0.757. The summed E-state index contributed by atoms with van der Waals surface area (Å²) in [5, 5.41) is 9.87. The van der Waals surface area contributed by atoms with Crippen molar-refractivity contribution in [2.24, 2.45) is 5.92 Å². The van der Waals surface area contributed by atoms with Crippen molar-refractivity contribution < 1.29 is 4.79 Å². The second-order valence-electron chi connectivity index (χ2n) is 6.76. The van der Waals surface area contributed by atoms with Gasteiger partial charge in [0.2, 0.25) is 5.91 Å². The highest BCUT2D eigenvalue weighted by atomic mass is 16.1. The van der Waals surface area contributed by atoms with Crippen LogP contribution in [-0.4, -0.2) is 30.6 Å². The molecule has 3 heterocycles. The fraction of sp³-hybridized carbons (Fsp3) is 0.368. The van der Waals surface area contributed by atoms with Crippen LogP contribution in [0, 0.1) is 12.8 Å². The SMILES string of the molecule is CCc1cn2c(n1)CCC(C(=O)Nc1ccc(C)cc1-c1ncn[nH]1)C2. The fourth-order valence-electron chi connectivity index (χ4n) is 3.42. The molecular weight excluding hydrogens is 328 g/mol. The van der Waals surface area contributed by atoms with Gasteiger partial charge in [0.25, 0.3) is 0 Å². The summed E-state index contributed by atoms with van der Waals surface area (Å²) in [4.78, 5) is 21.7. The van der Waals surface area contributed by atoms with Gasteiger partial charge in [0.1, 0.15) is 12.2 Å². The number of carbonyl (C=O) groups is 1. The largest absolute Gasteiger partial charge is 0.334 e. The second kappa shape index (κ2) is 6.74. The van der Waals surface area contributed by atoms with Gasteiger partial charge < -0.3 is 9.88 Å². The highest BCUT2D eigenvalue weighted by molar-refractivity contribution is 5.96. The van der Waals surface area contributed by atoms with Crippen LogP contribution in [-0.2, 0) is 24.2 Å². The number of amides is 1. The van der Waals surface area contributed by atoms with Crippen molar-refractivity contribution in [2.45, 2.75) is 39.7 Å². The number of hydrogen-bond donors (Lipinski definition) is 2. The summed E-state index contributed by atoms with van der Waals surface area (Å²) < 4.78 is 2.12. The van der Waals surface area contributed by atoms with Gasteiger partial charge in [-0.05, 0) is 31.9 Å². The van der Waals surface area contributed by atoms with Crippen molar-refractivity contribution >= 4 is 11.6 Å². The van der Waals surface area contributed by atoms with Crippen LogP contribution in [0.5, 0.6) is 0 Å². The molecule has 7 nitrogen and oxygen atoms in total. The van der Waals surface area contributed by atoms with Crippen molar-refractivity contribution in [1.82, 2.24) is 24.7 Å². The third-order valence-corrected chi connectivity index (χ3v) is 4.88. The average molecular weight is 350 g/mol. The molecule has 0 fully saturated rings. The van der Waals surface area contributed by atoms with Crippen molar-refractivity contribution in [3.8, 4) is 11.4 Å². The number of carbonyl (C=O) groups excluding carboxylic acids is 1. The lowest BCUT2D eigenvalue weighted by Gasteiger charge is -2.23. The lowest BCUT2D eigenvalue weighted by atomic mass is 9.98. The molecule has 3 aromatic rings. The first-order valence-corrected chi connectivity index (χ1v) is 8.96. The predicted molar refractivity (Wildman–Crippen MR) is 98.6 cm³/mol. The van der Waals surface area contributed by atoms with E-state index in [1.54, 1.807) is 0 Å². The molecule has 4 rings (SSSR count). The number of rotatable bonds is 4. The number of benzene rings is 1. The number of aromatic amines is 1. The van der Waals surface area contributed by atoms with Gasteiger partial charge in [0.05, 0.1) is 17.3 Å². The number of fused-ring (bicyclic) bond motifs is 1. The summed E-state index contributed by atoms with van der Waals surface area (Å²) in [5.41, 5.74) is 3.79. The lowest BCUT2D eigenvalue weighted by molar-refractivity contribution is -0.120. The van der Waals surface area contributed by atoms with Gasteiger partial charge in [0, 0.05) is 24.7 Å². The Balaban J connectivity index is 1.54. The van der Waals surface area contributed by atoms with Crippen LogP contribution in [0.4, 0.5) is 5.69 Å². The normalized spacial score (nSPS) is 16.3. The summed E-state index contributed by atoms with van der Waals surface area (Å²) in [7, 11) is 0. The van der Waals surface area contributed by atoms with E-state index in [4.69, 9.17) is 0 Å². The van der Waals surface area contributed by atoms with Gasteiger partial charge in [-0.15, -0.1) is 0 Å². The molecule has 2 aromatic heterocycles. The van der Waals surface area contributed by atoms with Crippen molar-refractivity contribution in [3.05, 3.63) is 47.8 Å². The maximum Gasteiger partial charge on any atom is 0.229 e. The first kappa shape index (κ1) is 16.5. The van der Waals surface area contributed by atoms with Crippen LogP contribution >= 0.6 is 0 Å². The number of aromatic nitrogens is 5. The minimum atomic E-state index is -0.0646. The number of nitrogens with zero attached hydrogens (tertiary/aromatic N) is 4. The van der Waals surface area contributed by atoms with E-state index in [1.807, 2.05) is 25.1 Å². The number of H-pyrrole nitrogens is 1. The van der Waals surface area contributed by atoms with E-state index < -0.39 is 0 Å². The molecule has 0 radical (unpaired) electrons. The van der Waals surface area contributed by atoms with Gasteiger partial charge in [0.15, 0.2) is 5.82 Å². The second-order valence-corrected chi connectivity index (χ2v) is 6.76. The monoisotopic (exact) mass is 350 g/mol. The van der Waals surface area contributed by atoms with E-state index in [2.05, 4.69) is 43.2 Å². The zero-order valence-electron chi connectivity index (χ0n) is 15.0. The predicted octanol–water partition coefficient (Wildman–Crippen LogP) is 2.74. The zero-order valence-corrected chi connectivity index (χ0v) is 15.0. The van der Waals surface area contributed by atoms with Crippen molar-refractivity contribution in [2.75, 3.05) is 5.32 Å². The molecule has 0 saturated heterocycles. The topological polar surface area (TPSA) is 88.5 Å². The van der Waals surface area contributed by atoms with E-state index in [0.29, 0.717) is 12.4 Å². The fourth-order valence-corrected chi connectivity index (χ4v) is 3.42. The standard InChI is InChI=1S/C19H22N6O/c1-3-14-10-25-9-13(5-7-17(25)22-14)19(26)23-16-6-4-12(2)8-15(16)18-20-11-21-24-18/h4,6,8,10-11,13H,3,5,7,9H2,1-2H3,(H,23,26)(H,20,21,24). The zero-order chi connectivity index (χ0) is 18.1. The molecule has 26 heavy (non-hydrogen) atoms. The van der Waals surface area contributed by atoms with E-state index in [1.165, 1.54) is 6.33 Å². The maximum absolute atomic E-state index is 12.9. The molecule has 0 spiro atoms. The molecule has 0 aliphatic carbocycles. The third-order valence-electron chi connectivity index (χ3n) is 4.88. The van der Waals surface area contributed by atoms with E-state index in [-0.39, 0.29) is 11.8 Å². The Hall–Kier alpha value is -2.96. The number of hydrogen-bond acceptors (Lipinski definition) is 4. The number of anilines is 1. The molecule has 134 valence electrons.